The summed E-state index contributed by atoms with van der Waals surface area (Å²) in [6.07, 6.45) is 3.33. The van der Waals surface area contributed by atoms with E-state index in [9.17, 15) is 9.59 Å². The van der Waals surface area contributed by atoms with Gasteiger partial charge in [0.2, 0.25) is 5.91 Å². The van der Waals surface area contributed by atoms with Crippen LogP contribution in [0, 0.1) is 5.92 Å². The smallest absolute Gasteiger partial charge is 0.326 e. The molecule has 4 heteroatoms. The van der Waals surface area contributed by atoms with Crippen molar-refractivity contribution in [2.45, 2.75) is 38.6 Å². The molecule has 0 aliphatic heterocycles. The molecule has 0 unspecified atom stereocenters. The van der Waals surface area contributed by atoms with Gasteiger partial charge in [-0.15, -0.1) is 0 Å². The largest absolute Gasteiger partial charge is 0.480 e. The quantitative estimate of drug-likeness (QED) is 0.679. The lowest BCUT2D eigenvalue weighted by Gasteiger charge is -2.25. The summed E-state index contributed by atoms with van der Waals surface area (Å²) in [6.45, 7) is 1.75. The third-order valence-electron chi connectivity index (χ3n) is 2.50. The van der Waals surface area contributed by atoms with Crippen LogP contribution in [-0.2, 0) is 9.59 Å². The van der Waals surface area contributed by atoms with Crippen LogP contribution >= 0.6 is 0 Å². The van der Waals surface area contributed by atoms with Crippen molar-refractivity contribution >= 4 is 11.9 Å². The molecule has 0 bridgehead atoms. The van der Waals surface area contributed by atoms with Crippen LogP contribution in [0.5, 0.6) is 0 Å². The molecule has 1 fully saturated rings. The fraction of sp³-hybridized carbons (Fsp3) is 0.778. The highest BCUT2D eigenvalue weighted by Gasteiger charge is 2.28. The molecule has 1 aliphatic rings. The molecule has 13 heavy (non-hydrogen) atoms. The SMILES string of the molecule is CC[C@@H](NC(=O)C1CCC1)C(=O)O. The summed E-state index contributed by atoms with van der Waals surface area (Å²) < 4.78 is 0. The van der Waals surface area contributed by atoms with Gasteiger partial charge >= 0.3 is 5.97 Å². The molecule has 1 rings (SSSR count). The van der Waals surface area contributed by atoms with Crippen LogP contribution in [0.3, 0.4) is 0 Å². The molecule has 0 radical (unpaired) electrons. The van der Waals surface area contributed by atoms with E-state index < -0.39 is 12.0 Å². The summed E-state index contributed by atoms with van der Waals surface area (Å²) in [5, 5.41) is 11.2. The average molecular weight is 185 g/mol. The predicted octanol–water partition coefficient (Wildman–Crippen LogP) is 0.766. The van der Waals surface area contributed by atoms with Crippen molar-refractivity contribution in [3.63, 3.8) is 0 Å². The molecule has 1 atom stereocenters. The number of rotatable bonds is 4. The molecule has 0 heterocycles. The topological polar surface area (TPSA) is 66.4 Å². The van der Waals surface area contributed by atoms with Gasteiger partial charge in [-0.25, -0.2) is 4.79 Å². The van der Waals surface area contributed by atoms with Gasteiger partial charge in [0.1, 0.15) is 6.04 Å². The predicted molar refractivity (Wildman–Crippen MR) is 47.2 cm³/mol. The minimum Gasteiger partial charge on any atom is -0.480 e. The van der Waals surface area contributed by atoms with Crippen LogP contribution in [0.15, 0.2) is 0 Å². The van der Waals surface area contributed by atoms with E-state index in [1.54, 1.807) is 6.92 Å². The zero-order chi connectivity index (χ0) is 9.84. The van der Waals surface area contributed by atoms with Gasteiger partial charge < -0.3 is 10.4 Å². The van der Waals surface area contributed by atoms with Crippen LogP contribution in [-0.4, -0.2) is 23.0 Å². The maximum Gasteiger partial charge on any atom is 0.326 e. The van der Waals surface area contributed by atoms with Crippen molar-refractivity contribution < 1.29 is 14.7 Å². The summed E-state index contributed by atoms with van der Waals surface area (Å²) in [5.41, 5.74) is 0. The van der Waals surface area contributed by atoms with Gasteiger partial charge in [-0.1, -0.05) is 13.3 Å². The monoisotopic (exact) mass is 185 g/mol. The Bertz CT molecular complexity index is 211. The molecule has 0 aromatic carbocycles. The summed E-state index contributed by atoms with van der Waals surface area (Å²) >= 11 is 0. The van der Waals surface area contributed by atoms with Crippen molar-refractivity contribution in [2.24, 2.45) is 5.92 Å². The van der Waals surface area contributed by atoms with Crippen molar-refractivity contribution in [1.82, 2.24) is 5.32 Å². The number of nitrogens with one attached hydrogen (secondary N) is 1. The Hall–Kier alpha value is -1.06. The minimum absolute atomic E-state index is 0.0633. The lowest BCUT2D eigenvalue weighted by molar-refractivity contribution is -0.143. The zero-order valence-electron chi connectivity index (χ0n) is 7.75. The summed E-state index contributed by atoms with van der Waals surface area (Å²) in [6, 6.07) is -0.715. The molecular formula is C9H15NO3. The van der Waals surface area contributed by atoms with Crippen LogP contribution in [0.25, 0.3) is 0 Å². The zero-order valence-corrected chi connectivity index (χ0v) is 7.75. The molecule has 1 aliphatic carbocycles. The second-order valence-electron chi connectivity index (χ2n) is 3.44. The van der Waals surface area contributed by atoms with Crippen LogP contribution in [0.4, 0.5) is 0 Å². The fourth-order valence-corrected chi connectivity index (χ4v) is 1.30. The van der Waals surface area contributed by atoms with Crippen LogP contribution in [0.1, 0.15) is 32.6 Å². The first-order valence-electron chi connectivity index (χ1n) is 4.68. The maximum absolute atomic E-state index is 11.3. The van der Waals surface area contributed by atoms with Gasteiger partial charge in [-0.2, -0.15) is 0 Å². The summed E-state index contributed by atoms with van der Waals surface area (Å²) in [4.78, 5) is 21.9. The Morgan fingerprint density at radius 3 is 2.46 bits per heavy atom. The molecule has 2 N–H and O–H groups in total. The highest BCUT2D eigenvalue weighted by Crippen LogP contribution is 2.26. The van der Waals surface area contributed by atoms with Gasteiger partial charge in [0.05, 0.1) is 0 Å². The van der Waals surface area contributed by atoms with E-state index in [0.717, 1.165) is 19.3 Å². The minimum atomic E-state index is -0.949. The van der Waals surface area contributed by atoms with E-state index >= 15 is 0 Å². The second kappa shape index (κ2) is 4.25. The van der Waals surface area contributed by atoms with E-state index in [4.69, 9.17) is 5.11 Å². The van der Waals surface area contributed by atoms with Crippen molar-refractivity contribution in [3.05, 3.63) is 0 Å². The number of aliphatic carboxylic acids is 1. The molecule has 0 aromatic heterocycles. The van der Waals surface area contributed by atoms with Crippen LogP contribution < -0.4 is 5.32 Å². The number of amides is 1. The lowest BCUT2D eigenvalue weighted by atomic mass is 9.84. The van der Waals surface area contributed by atoms with Crippen molar-refractivity contribution in [2.75, 3.05) is 0 Å². The second-order valence-corrected chi connectivity index (χ2v) is 3.44. The lowest BCUT2D eigenvalue weighted by Crippen LogP contribution is -2.44. The van der Waals surface area contributed by atoms with Crippen molar-refractivity contribution in [3.8, 4) is 0 Å². The van der Waals surface area contributed by atoms with E-state index in [1.807, 2.05) is 0 Å². The Morgan fingerprint density at radius 2 is 2.15 bits per heavy atom. The average Bonchev–Trinajstić information content (AvgIpc) is 1.96. The molecule has 0 spiro atoms. The maximum atomic E-state index is 11.3. The normalized spacial score (nSPS) is 18.8. The Morgan fingerprint density at radius 1 is 1.54 bits per heavy atom. The van der Waals surface area contributed by atoms with Crippen LogP contribution in [0.2, 0.25) is 0 Å². The Balaban J connectivity index is 2.36. The molecule has 4 nitrogen and oxygen atoms in total. The number of carboxylic acids is 1. The fourth-order valence-electron chi connectivity index (χ4n) is 1.30. The summed E-state index contributed by atoms with van der Waals surface area (Å²) in [5.74, 6) is -0.982. The number of hydrogen-bond acceptors (Lipinski definition) is 2. The first-order chi connectivity index (χ1) is 6.15. The van der Waals surface area contributed by atoms with E-state index in [2.05, 4.69) is 5.32 Å². The van der Waals surface area contributed by atoms with Gasteiger partial charge in [0.15, 0.2) is 0 Å². The van der Waals surface area contributed by atoms with E-state index in [-0.39, 0.29) is 11.8 Å². The number of carbonyl (C=O) groups excluding carboxylic acids is 1. The highest BCUT2D eigenvalue weighted by atomic mass is 16.4. The third kappa shape index (κ3) is 2.44. The first kappa shape index (κ1) is 10.0. The first-order valence-corrected chi connectivity index (χ1v) is 4.68. The third-order valence-corrected chi connectivity index (χ3v) is 2.50. The molecular weight excluding hydrogens is 170 g/mol. The highest BCUT2D eigenvalue weighted by molar-refractivity contribution is 5.85. The van der Waals surface area contributed by atoms with Gasteiger partial charge in [-0.3, -0.25) is 4.79 Å². The van der Waals surface area contributed by atoms with Gasteiger partial charge in [0.25, 0.3) is 0 Å². The number of hydrogen-bond donors (Lipinski definition) is 2. The van der Waals surface area contributed by atoms with E-state index in [1.165, 1.54) is 0 Å². The van der Waals surface area contributed by atoms with Crippen molar-refractivity contribution in [1.29, 1.82) is 0 Å². The van der Waals surface area contributed by atoms with E-state index in [0.29, 0.717) is 6.42 Å². The number of carbonyl (C=O) groups is 2. The molecule has 1 amide bonds. The Labute approximate surface area is 77.3 Å². The molecule has 1 saturated carbocycles. The van der Waals surface area contributed by atoms with Gasteiger partial charge in [-0.05, 0) is 19.3 Å². The standard InChI is InChI=1S/C9H15NO3/c1-2-7(9(12)13)10-8(11)6-4-3-5-6/h6-7H,2-5H2,1H3,(H,10,11)(H,12,13)/t7-/m1/s1. The molecule has 0 aromatic rings. The van der Waals surface area contributed by atoms with Gasteiger partial charge in [0, 0.05) is 5.92 Å². The molecule has 0 saturated heterocycles. The number of carboxylic acid groups (broad SMARTS) is 1. The summed E-state index contributed by atoms with van der Waals surface area (Å²) in [7, 11) is 0. The molecule has 74 valence electrons. The Kier molecular flexibility index (Phi) is 3.28.